The van der Waals surface area contributed by atoms with Crippen LogP contribution in [0.1, 0.15) is 38.2 Å². The minimum Gasteiger partial charge on any atom is -0.378 e. The Morgan fingerprint density at radius 3 is 2.30 bits per heavy atom. The van der Waals surface area contributed by atoms with E-state index in [9.17, 15) is 9.59 Å². The zero-order valence-electron chi connectivity index (χ0n) is 21.8. The Balaban J connectivity index is 1.53. The van der Waals surface area contributed by atoms with Gasteiger partial charge < -0.3 is 15.0 Å². The number of amides is 1. The van der Waals surface area contributed by atoms with E-state index >= 15 is 0 Å². The molecule has 0 saturated carbocycles. The lowest BCUT2D eigenvalue weighted by Gasteiger charge is -2.30. The fraction of sp³-hybridized carbons (Fsp3) is 0.300. The molecule has 1 aliphatic rings. The maximum absolute atomic E-state index is 13.8. The molecule has 37 heavy (non-hydrogen) atoms. The maximum Gasteiger partial charge on any atom is 0.267 e. The molecule has 4 aromatic rings. The van der Waals surface area contributed by atoms with E-state index in [0.717, 1.165) is 22.4 Å². The van der Waals surface area contributed by atoms with Gasteiger partial charge in [-0.2, -0.15) is 0 Å². The van der Waals surface area contributed by atoms with E-state index in [1.54, 1.807) is 22.8 Å². The Morgan fingerprint density at radius 1 is 0.892 bits per heavy atom. The number of fused-ring (bicyclic) bond motifs is 1. The van der Waals surface area contributed by atoms with Gasteiger partial charge in [0.05, 0.1) is 29.8 Å². The van der Waals surface area contributed by atoms with Crippen LogP contribution in [0.2, 0.25) is 0 Å². The maximum atomic E-state index is 13.8. The van der Waals surface area contributed by atoms with Crippen LogP contribution in [0.5, 0.6) is 0 Å². The van der Waals surface area contributed by atoms with Gasteiger partial charge in [-0.1, -0.05) is 24.3 Å². The lowest BCUT2D eigenvalue weighted by Crippen LogP contribution is -2.40. The number of carbonyl (C=O) groups is 1. The van der Waals surface area contributed by atoms with Crippen molar-refractivity contribution in [3.8, 4) is 5.69 Å². The molecule has 0 unspecified atom stereocenters. The van der Waals surface area contributed by atoms with E-state index in [1.807, 2.05) is 31.2 Å². The molecule has 1 amide bonds. The first-order valence-corrected chi connectivity index (χ1v) is 12.6. The van der Waals surface area contributed by atoms with Gasteiger partial charge in [-0.25, -0.2) is 9.55 Å². The molecule has 0 bridgehead atoms. The number of rotatable bonds is 5. The fourth-order valence-electron chi connectivity index (χ4n) is 4.59. The molecule has 1 N–H and O–H groups in total. The standard InChI is InChI=1S/C30H32N4O3/c1-19-5-7-23(15-21(19)3)18-31-28(35)24-8-10-26-27(17-24)32-30(33-11-13-37-14-12-33)34(29(26)36)25-9-6-20(2)22(4)16-25/h5-10,15-17H,11-14,18H2,1-4H3,(H,31,35). The van der Waals surface area contributed by atoms with Gasteiger partial charge in [0.15, 0.2) is 0 Å². The summed E-state index contributed by atoms with van der Waals surface area (Å²) in [4.78, 5) is 33.8. The summed E-state index contributed by atoms with van der Waals surface area (Å²) < 4.78 is 7.22. The minimum absolute atomic E-state index is 0.156. The van der Waals surface area contributed by atoms with Gasteiger partial charge in [-0.05, 0) is 85.8 Å². The van der Waals surface area contributed by atoms with Crippen LogP contribution < -0.4 is 15.8 Å². The van der Waals surface area contributed by atoms with E-state index in [-0.39, 0.29) is 11.5 Å². The lowest BCUT2D eigenvalue weighted by atomic mass is 10.1. The summed E-state index contributed by atoms with van der Waals surface area (Å²) >= 11 is 0. The third-order valence-electron chi connectivity index (χ3n) is 7.18. The molecule has 7 nitrogen and oxygen atoms in total. The number of morpholine rings is 1. The summed E-state index contributed by atoms with van der Waals surface area (Å²) in [6, 6.07) is 17.3. The first-order valence-electron chi connectivity index (χ1n) is 12.6. The highest BCUT2D eigenvalue weighted by molar-refractivity contribution is 5.97. The smallest absolute Gasteiger partial charge is 0.267 e. The highest BCUT2D eigenvalue weighted by atomic mass is 16.5. The zero-order valence-corrected chi connectivity index (χ0v) is 21.8. The highest BCUT2D eigenvalue weighted by Crippen LogP contribution is 2.23. The molecule has 1 saturated heterocycles. The van der Waals surface area contributed by atoms with Crippen LogP contribution in [0.15, 0.2) is 59.4 Å². The first-order chi connectivity index (χ1) is 17.8. The quantitative estimate of drug-likeness (QED) is 0.444. The molecule has 7 heteroatoms. The summed E-state index contributed by atoms with van der Waals surface area (Å²) in [7, 11) is 0. The summed E-state index contributed by atoms with van der Waals surface area (Å²) in [5, 5.41) is 3.46. The molecule has 1 fully saturated rings. The molecule has 1 aliphatic heterocycles. The molecule has 190 valence electrons. The zero-order chi connectivity index (χ0) is 26.1. The monoisotopic (exact) mass is 496 g/mol. The van der Waals surface area contributed by atoms with Crippen LogP contribution in [-0.4, -0.2) is 41.8 Å². The van der Waals surface area contributed by atoms with Crippen molar-refractivity contribution in [2.45, 2.75) is 34.2 Å². The third kappa shape index (κ3) is 5.00. The van der Waals surface area contributed by atoms with Crippen molar-refractivity contribution in [2.75, 3.05) is 31.2 Å². The molecule has 1 aromatic heterocycles. The van der Waals surface area contributed by atoms with Crippen LogP contribution in [0.3, 0.4) is 0 Å². The molecule has 0 aliphatic carbocycles. The van der Waals surface area contributed by atoms with Crippen molar-refractivity contribution in [3.63, 3.8) is 0 Å². The average molecular weight is 497 g/mol. The predicted octanol–water partition coefficient (Wildman–Crippen LogP) is 4.39. The number of anilines is 1. The molecule has 0 radical (unpaired) electrons. The second kappa shape index (κ2) is 10.2. The van der Waals surface area contributed by atoms with E-state index < -0.39 is 0 Å². The van der Waals surface area contributed by atoms with E-state index in [4.69, 9.17) is 9.72 Å². The molecule has 3 aromatic carbocycles. The SMILES string of the molecule is Cc1ccc(CNC(=O)c2ccc3c(=O)n(-c4ccc(C)c(C)c4)c(N4CCOCC4)nc3c2)cc1C. The highest BCUT2D eigenvalue weighted by Gasteiger charge is 2.21. The Labute approximate surface area is 216 Å². The number of ether oxygens (including phenoxy) is 1. The van der Waals surface area contributed by atoms with Crippen LogP contribution in [0.4, 0.5) is 5.95 Å². The third-order valence-corrected chi connectivity index (χ3v) is 7.18. The number of benzene rings is 3. The van der Waals surface area contributed by atoms with E-state index in [0.29, 0.717) is 55.3 Å². The number of nitrogens with one attached hydrogen (secondary N) is 1. The van der Waals surface area contributed by atoms with E-state index in [1.165, 1.54) is 11.1 Å². The summed E-state index contributed by atoms with van der Waals surface area (Å²) in [6.07, 6.45) is 0. The van der Waals surface area contributed by atoms with Crippen molar-refractivity contribution < 1.29 is 9.53 Å². The molecule has 0 atom stereocenters. The average Bonchev–Trinajstić information content (AvgIpc) is 2.91. The van der Waals surface area contributed by atoms with Crippen molar-refractivity contribution in [1.29, 1.82) is 0 Å². The topological polar surface area (TPSA) is 76.5 Å². The number of hydrogen-bond acceptors (Lipinski definition) is 5. The Bertz CT molecular complexity index is 1550. The van der Waals surface area contributed by atoms with Gasteiger partial charge in [0.1, 0.15) is 0 Å². The number of carbonyl (C=O) groups excluding carboxylic acids is 1. The van der Waals surface area contributed by atoms with Crippen LogP contribution in [0.25, 0.3) is 16.6 Å². The number of aryl methyl sites for hydroxylation is 4. The molecular weight excluding hydrogens is 464 g/mol. The number of nitrogens with zero attached hydrogens (tertiary/aromatic N) is 3. The van der Waals surface area contributed by atoms with Crippen molar-refractivity contribution >= 4 is 22.8 Å². The molecular formula is C30H32N4O3. The van der Waals surface area contributed by atoms with Crippen molar-refractivity contribution in [1.82, 2.24) is 14.9 Å². The summed E-state index contributed by atoms with van der Waals surface area (Å²) in [6.45, 7) is 11.1. The second-order valence-electron chi connectivity index (χ2n) is 9.75. The summed E-state index contributed by atoms with van der Waals surface area (Å²) in [5.41, 5.74) is 7.32. The number of aromatic nitrogens is 2. The van der Waals surface area contributed by atoms with E-state index in [2.05, 4.69) is 43.1 Å². The first kappa shape index (κ1) is 24.7. The predicted molar refractivity (Wildman–Crippen MR) is 147 cm³/mol. The summed E-state index contributed by atoms with van der Waals surface area (Å²) in [5.74, 6) is 0.366. The van der Waals surface area contributed by atoms with Gasteiger partial charge in [-0.3, -0.25) is 9.59 Å². The normalized spacial score (nSPS) is 13.7. The minimum atomic E-state index is -0.201. The van der Waals surface area contributed by atoms with Crippen molar-refractivity contribution in [3.05, 3.63) is 98.3 Å². The van der Waals surface area contributed by atoms with Gasteiger partial charge >= 0.3 is 0 Å². The van der Waals surface area contributed by atoms with Gasteiger partial charge in [0.2, 0.25) is 5.95 Å². The molecule has 5 rings (SSSR count). The Morgan fingerprint density at radius 2 is 1.59 bits per heavy atom. The van der Waals surface area contributed by atoms with Gasteiger partial charge in [0, 0.05) is 25.2 Å². The Kier molecular flexibility index (Phi) is 6.80. The number of hydrogen-bond donors (Lipinski definition) is 1. The van der Waals surface area contributed by atoms with Crippen LogP contribution in [0, 0.1) is 27.7 Å². The Hall–Kier alpha value is -3.97. The van der Waals surface area contributed by atoms with Crippen molar-refractivity contribution in [2.24, 2.45) is 0 Å². The largest absolute Gasteiger partial charge is 0.378 e. The van der Waals surface area contributed by atoms with Gasteiger partial charge in [-0.15, -0.1) is 0 Å². The van der Waals surface area contributed by atoms with Gasteiger partial charge in [0.25, 0.3) is 11.5 Å². The van der Waals surface area contributed by atoms with Crippen LogP contribution >= 0.6 is 0 Å². The molecule has 2 heterocycles. The fourth-order valence-corrected chi connectivity index (χ4v) is 4.59. The molecule has 0 spiro atoms. The van der Waals surface area contributed by atoms with Crippen LogP contribution in [-0.2, 0) is 11.3 Å². The second-order valence-corrected chi connectivity index (χ2v) is 9.75. The lowest BCUT2D eigenvalue weighted by molar-refractivity contribution is 0.0951.